The predicted molar refractivity (Wildman–Crippen MR) is 125 cm³/mol. The Morgan fingerprint density at radius 2 is 1.65 bits per heavy atom. The highest BCUT2D eigenvalue weighted by atomic mass is 16.5. The number of nitrogens with one attached hydrogen (secondary N) is 2. The van der Waals surface area contributed by atoms with Crippen LogP contribution in [0.1, 0.15) is 49.7 Å². The van der Waals surface area contributed by atoms with E-state index in [9.17, 15) is 19.5 Å². The van der Waals surface area contributed by atoms with Gasteiger partial charge in [-0.2, -0.15) is 0 Å². The van der Waals surface area contributed by atoms with Crippen LogP contribution in [-0.2, 0) is 19.1 Å². The zero-order valence-electron chi connectivity index (χ0n) is 19.2. The van der Waals surface area contributed by atoms with Crippen LogP contribution in [0.25, 0.3) is 11.1 Å². The fourth-order valence-corrected chi connectivity index (χ4v) is 4.76. The number of amides is 2. The quantitative estimate of drug-likeness (QED) is 0.549. The average Bonchev–Trinajstić information content (AvgIpc) is 3.16. The van der Waals surface area contributed by atoms with E-state index >= 15 is 0 Å². The standard InChI is InChI=1S/C26H30N2O6/c1-2-17(15-23(29)28-26(24(30)31)11-13-33-14-12-26)27-25(32)34-16-22-20-9-5-3-7-18(20)19-8-4-6-10-21(19)22/h3-10,17,22H,2,11-16H2,1H3,(H,27,32)(H,28,29)(H,30,31)/t17-/m1/s1. The van der Waals surface area contributed by atoms with Gasteiger partial charge in [0.1, 0.15) is 12.1 Å². The van der Waals surface area contributed by atoms with Gasteiger partial charge in [0.2, 0.25) is 5.91 Å². The third-order valence-corrected chi connectivity index (χ3v) is 6.72. The summed E-state index contributed by atoms with van der Waals surface area (Å²) >= 11 is 0. The van der Waals surface area contributed by atoms with Crippen molar-refractivity contribution in [3.8, 4) is 11.1 Å². The van der Waals surface area contributed by atoms with E-state index < -0.39 is 29.6 Å². The normalized spacial score (nSPS) is 17.2. The van der Waals surface area contributed by atoms with Crippen LogP contribution < -0.4 is 10.6 Å². The van der Waals surface area contributed by atoms with Crippen molar-refractivity contribution < 1.29 is 29.0 Å². The second-order valence-electron chi connectivity index (χ2n) is 8.83. The summed E-state index contributed by atoms with van der Waals surface area (Å²) in [5, 5.41) is 15.0. The van der Waals surface area contributed by atoms with Gasteiger partial charge in [-0.15, -0.1) is 0 Å². The molecule has 2 aliphatic rings. The van der Waals surface area contributed by atoms with Gasteiger partial charge in [-0.25, -0.2) is 9.59 Å². The van der Waals surface area contributed by atoms with Crippen LogP contribution in [0.4, 0.5) is 4.79 Å². The number of fused-ring (bicyclic) bond motifs is 3. The van der Waals surface area contributed by atoms with Gasteiger partial charge >= 0.3 is 12.1 Å². The summed E-state index contributed by atoms with van der Waals surface area (Å²) < 4.78 is 10.8. The number of carbonyl (C=O) groups excluding carboxylic acids is 2. The number of ether oxygens (including phenoxy) is 2. The summed E-state index contributed by atoms with van der Waals surface area (Å²) in [4.78, 5) is 36.9. The zero-order valence-corrected chi connectivity index (χ0v) is 19.2. The van der Waals surface area contributed by atoms with E-state index in [1.807, 2.05) is 31.2 Å². The van der Waals surface area contributed by atoms with Crippen molar-refractivity contribution in [1.82, 2.24) is 10.6 Å². The molecule has 0 radical (unpaired) electrons. The Hall–Kier alpha value is -3.39. The molecule has 180 valence electrons. The number of alkyl carbamates (subject to hydrolysis) is 1. The first kappa shape index (κ1) is 23.8. The van der Waals surface area contributed by atoms with Crippen molar-refractivity contribution in [3.63, 3.8) is 0 Å². The fourth-order valence-electron chi connectivity index (χ4n) is 4.76. The Morgan fingerprint density at radius 3 is 2.21 bits per heavy atom. The van der Waals surface area contributed by atoms with E-state index in [-0.39, 0.29) is 45.0 Å². The van der Waals surface area contributed by atoms with Crippen molar-refractivity contribution in [3.05, 3.63) is 59.7 Å². The van der Waals surface area contributed by atoms with E-state index in [0.29, 0.717) is 6.42 Å². The molecule has 0 bridgehead atoms. The average molecular weight is 467 g/mol. The van der Waals surface area contributed by atoms with Gasteiger partial charge in [0.25, 0.3) is 0 Å². The number of rotatable bonds is 8. The highest BCUT2D eigenvalue weighted by Gasteiger charge is 2.41. The topological polar surface area (TPSA) is 114 Å². The minimum Gasteiger partial charge on any atom is -0.480 e. The van der Waals surface area contributed by atoms with Crippen molar-refractivity contribution in [2.45, 2.75) is 50.1 Å². The number of benzene rings is 2. The van der Waals surface area contributed by atoms with E-state index in [4.69, 9.17) is 9.47 Å². The Bertz CT molecular complexity index is 1020. The maximum atomic E-state index is 12.6. The molecule has 1 heterocycles. The number of carboxylic acids is 1. The molecule has 0 spiro atoms. The Morgan fingerprint density at radius 1 is 1.06 bits per heavy atom. The summed E-state index contributed by atoms with van der Waals surface area (Å²) in [6.07, 6.45) is 0.299. The Balaban J connectivity index is 1.33. The van der Waals surface area contributed by atoms with Crippen LogP contribution in [0.3, 0.4) is 0 Å². The summed E-state index contributed by atoms with van der Waals surface area (Å²) in [6, 6.07) is 15.7. The molecule has 4 rings (SSSR count). The highest BCUT2D eigenvalue weighted by molar-refractivity contribution is 5.87. The van der Waals surface area contributed by atoms with Gasteiger partial charge in [0.05, 0.1) is 0 Å². The molecule has 1 atom stereocenters. The summed E-state index contributed by atoms with van der Waals surface area (Å²) in [5.41, 5.74) is 3.22. The molecule has 3 N–H and O–H groups in total. The molecule has 2 amide bonds. The van der Waals surface area contributed by atoms with Crippen molar-refractivity contribution >= 4 is 18.0 Å². The first-order valence-electron chi connectivity index (χ1n) is 11.7. The van der Waals surface area contributed by atoms with Crippen LogP contribution in [0.2, 0.25) is 0 Å². The maximum absolute atomic E-state index is 12.6. The molecule has 1 aliphatic carbocycles. The largest absolute Gasteiger partial charge is 0.480 e. The summed E-state index contributed by atoms with van der Waals surface area (Å²) in [6.45, 7) is 2.59. The van der Waals surface area contributed by atoms with E-state index in [0.717, 1.165) is 22.3 Å². The molecule has 1 fully saturated rings. The van der Waals surface area contributed by atoms with Crippen LogP contribution in [-0.4, -0.2) is 54.5 Å². The monoisotopic (exact) mass is 466 g/mol. The van der Waals surface area contributed by atoms with Crippen molar-refractivity contribution in [1.29, 1.82) is 0 Å². The lowest BCUT2D eigenvalue weighted by atomic mass is 9.89. The lowest BCUT2D eigenvalue weighted by Gasteiger charge is -2.34. The molecule has 8 nitrogen and oxygen atoms in total. The second-order valence-corrected chi connectivity index (χ2v) is 8.83. The van der Waals surface area contributed by atoms with Gasteiger partial charge in [-0.05, 0) is 28.7 Å². The van der Waals surface area contributed by atoms with Gasteiger partial charge in [-0.1, -0.05) is 55.5 Å². The van der Waals surface area contributed by atoms with Gasteiger partial charge in [-0.3, -0.25) is 4.79 Å². The molecule has 2 aromatic rings. The van der Waals surface area contributed by atoms with E-state index in [1.165, 1.54) is 0 Å². The first-order chi connectivity index (χ1) is 16.4. The van der Waals surface area contributed by atoms with Gasteiger partial charge in [0, 0.05) is 44.4 Å². The van der Waals surface area contributed by atoms with Crippen molar-refractivity contribution in [2.24, 2.45) is 0 Å². The maximum Gasteiger partial charge on any atom is 0.407 e. The number of hydrogen-bond acceptors (Lipinski definition) is 5. The van der Waals surface area contributed by atoms with E-state index in [1.54, 1.807) is 0 Å². The molecule has 1 saturated heterocycles. The fraction of sp³-hybridized carbons (Fsp3) is 0.423. The smallest absolute Gasteiger partial charge is 0.407 e. The van der Waals surface area contributed by atoms with Crippen LogP contribution in [0.5, 0.6) is 0 Å². The molecular formula is C26H30N2O6. The first-order valence-corrected chi connectivity index (χ1v) is 11.7. The number of aliphatic carboxylic acids is 1. The molecule has 2 aromatic carbocycles. The third kappa shape index (κ3) is 4.92. The lowest BCUT2D eigenvalue weighted by Crippen LogP contribution is -2.58. The summed E-state index contributed by atoms with van der Waals surface area (Å²) in [5.74, 6) is -1.54. The highest BCUT2D eigenvalue weighted by Crippen LogP contribution is 2.44. The summed E-state index contributed by atoms with van der Waals surface area (Å²) in [7, 11) is 0. The molecule has 0 unspecified atom stereocenters. The van der Waals surface area contributed by atoms with Crippen LogP contribution in [0, 0.1) is 0 Å². The van der Waals surface area contributed by atoms with Gasteiger partial charge < -0.3 is 25.2 Å². The third-order valence-electron chi connectivity index (χ3n) is 6.72. The minimum absolute atomic E-state index is 0.0312. The molecule has 8 heteroatoms. The Labute approximate surface area is 198 Å². The molecule has 1 aliphatic heterocycles. The van der Waals surface area contributed by atoms with Crippen molar-refractivity contribution in [2.75, 3.05) is 19.8 Å². The SMILES string of the molecule is CC[C@H](CC(=O)NC1(C(=O)O)CCOCC1)NC(=O)OCC1c2ccccc2-c2ccccc21. The molecule has 0 aromatic heterocycles. The number of hydrogen-bond donors (Lipinski definition) is 3. The molecule has 0 saturated carbocycles. The number of carboxylic acid groups (broad SMARTS) is 1. The Kier molecular flexibility index (Phi) is 7.17. The lowest BCUT2D eigenvalue weighted by molar-refractivity contribution is -0.152. The minimum atomic E-state index is -1.32. The molecule has 34 heavy (non-hydrogen) atoms. The predicted octanol–water partition coefficient (Wildman–Crippen LogP) is 3.44. The van der Waals surface area contributed by atoms with Crippen LogP contribution in [0.15, 0.2) is 48.5 Å². The van der Waals surface area contributed by atoms with Gasteiger partial charge in [0.15, 0.2) is 0 Å². The molecular weight excluding hydrogens is 436 g/mol. The van der Waals surface area contributed by atoms with E-state index in [2.05, 4.69) is 34.9 Å². The second kappa shape index (κ2) is 10.3. The van der Waals surface area contributed by atoms with Crippen LogP contribution >= 0.6 is 0 Å². The number of carbonyl (C=O) groups is 3. The zero-order chi connectivity index (χ0) is 24.1.